The Morgan fingerprint density at radius 3 is 1.96 bits per heavy atom. The lowest BCUT2D eigenvalue weighted by atomic mass is 9.98. The predicted molar refractivity (Wildman–Crippen MR) is 75.3 cm³/mol. The summed E-state index contributed by atoms with van der Waals surface area (Å²) in [5.74, 6) is 0. The number of hydrogen-bond acceptors (Lipinski definition) is 10. The van der Waals surface area contributed by atoms with Crippen LogP contribution in [0, 0.1) is 0 Å². The number of alkyl halides is 1. The van der Waals surface area contributed by atoms with Gasteiger partial charge in [0.05, 0.1) is 18.0 Å². The van der Waals surface area contributed by atoms with Crippen molar-refractivity contribution in [1.82, 2.24) is 0 Å². The molecule has 136 valence electrons. The first-order valence-corrected chi connectivity index (χ1v) is 7.95. The van der Waals surface area contributed by atoms with Gasteiger partial charge in [-0.25, -0.2) is 0 Å². The van der Waals surface area contributed by atoms with Gasteiger partial charge in [0, 0.05) is 0 Å². The molecule has 2 fully saturated rings. The zero-order valence-corrected chi connectivity index (χ0v) is 13.5. The van der Waals surface area contributed by atoms with E-state index in [-0.39, 0.29) is 0 Å². The van der Waals surface area contributed by atoms with Crippen LogP contribution in [0.1, 0.15) is 0 Å². The first kappa shape index (κ1) is 19.4. The Kier molecular flexibility index (Phi) is 6.73. The first-order chi connectivity index (χ1) is 10.8. The van der Waals surface area contributed by atoms with Gasteiger partial charge in [-0.3, -0.25) is 0 Å². The van der Waals surface area contributed by atoms with Crippen molar-refractivity contribution < 1.29 is 50.0 Å². The van der Waals surface area contributed by atoms with Crippen molar-refractivity contribution in [3.8, 4) is 0 Å². The van der Waals surface area contributed by atoms with Gasteiger partial charge in [0.1, 0.15) is 42.7 Å². The van der Waals surface area contributed by atoms with E-state index in [4.69, 9.17) is 19.3 Å². The molecule has 10 nitrogen and oxygen atoms in total. The van der Waals surface area contributed by atoms with Crippen LogP contribution in [0.15, 0.2) is 0 Å². The minimum atomic E-state index is -1.65. The third-order valence-corrected chi connectivity index (χ3v) is 4.93. The van der Waals surface area contributed by atoms with Gasteiger partial charge in [0.25, 0.3) is 0 Å². The highest BCUT2D eigenvalue weighted by molar-refractivity contribution is 9.09. The van der Waals surface area contributed by atoms with Gasteiger partial charge in [-0.2, -0.15) is 0 Å². The van der Waals surface area contributed by atoms with Crippen molar-refractivity contribution in [2.45, 2.75) is 60.1 Å². The molecule has 23 heavy (non-hydrogen) atoms. The van der Waals surface area contributed by atoms with Crippen molar-refractivity contribution >= 4 is 15.9 Å². The van der Waals surface area contributed by atoms with Crippen molar-refractivity contribution in [3.63, 3.8) is 0 Å². The van der Waals surface area contributed by atoms with Gasteiger partial charge in [-0.1, -0.05) is 15.9 Å². The summed E-state index contributed by atoms with van der Waals surface area (Å²) >= 11 is 3.02. The fourth-order valence-electron chi connectivity index (χ4n) is 2.55. The van der Waals surface area contributed by atoms with Crippen molar-refractivity contribution in [1.29, 1.82) is 0 Å². The minimum Gasteiger partial charge on any atom is -0.394 e. The largest absolute Gasteiger partial charge is 0.394 e. The van der Waals surface area contributed by atoms with Crippen LogP contribution in [0.25, 0.3) is 0 Å². The normalized spacial score (nSPS) is 51.7. The standard InChI is InChI=1S/C12H21BrO10/c13-5-7(17)10(4(2-15)21-11(5)20)23-12-9(19)8(18)6(16)3(1-14)22-12/h3-12,14-20H,1-2H2/t3?,4?,5?,6-,7?,8?,9?,10+,11?,12?/m0/s1. The molecule has 2 saturated heterocycles. The molecule has 2 aliphatic rings. The van der Waals surface area contributed by atoms with E-state index in [1.165, 1.54) is 0 Å². The van der Waals surface area contributed by atoms with E-state index in [0.717, 1.165) is 0 Å². The van der Waals surface area contributed by atoms with Crippen molar-refractivity contribution in [2.75, 3.05) is 13.2 Å². The van der Waals surface area contributed by atoms with Gasteiger partial charge in [0.2, 0.25) is 0 Å². The average Bonchev–Trinajstić information content (AvgIpc) is 2.55. The maximum absolute atomic E-state index is 10.1. The van der Waals surface area contributed by atoms with E-state index in [1.54, 1.807) is 0 Å². The van der Waals surface area contributed by atoms with Crippen LogP contribution in [-0.2, 0) is 14.2 Å². The molecule has 10 atom stereocenters. The Bertz CT molecular complexity index is 383. The number of ether oxygens (including phenoxy) is 3. The maximum Gasteiger partial charge on any atom is 0.187 e. The van der Waals surface area contributed by atoms with Gasteiger partial charge >= 0.3 is 0 Å². The summed E-state index contributed by atoms with van der Waals surface area (Å²) in [6, 6.07) is 0. The number of aliphatic hydroxyl groups excluding tert-OH is 7. The third-order valence-electron chi connectivity index (χ3n) is 3.94. The van der Waals surface area contributed by atoms with Crippen LogP contribution < -0.4 is 0 Å². The molecule has 0 bridgehead atoms. The lowest BCUT2D eigenvalue weighted by molar-refractivity contribution is -0.340. The zero-order valence-electron chi connectivity index (χ0n) is 11.9. The fourth-order valence-corrected chi connectivity index (χ4v) is 2.98. The van der Waals surface area contributed by atoms with Crippen LogP contribution in [-0.4, -0.2) is 109 Å². The smallest absolute Gasteiger partial charge is 0.187 e. The van der Waals surface area contributed by atoms with Gasteiger partial charge in [-0.05, 0) is 0 Å². The molecule has 11 heteroatoms. The molecular weight excluding hydrogens is 384 g/mol. The monoisotopic (exact) mass is 404 g/mol. The van der Waals surface area contributed by atoms with E-state index in [1.807, 2.05) is 0 Å². The second kappa shape index (κ2) is 7.97. The van der Waals surface area contributed by atoms with Crippen LogP contribution in [0.2, 0.25) is 0 Å². The first-order valence-electron chi connectivity index (χ1n) is 7.04. The number of halogens is 1. The van der Waals surface area contributed by atoms with Crippen LogP contribution >= 0.6 is 15.9 Å². The van der Waals surface area contributed by atoms with E-state index in [2.05, 4.69) is 15.9 Å². The molecule has 2 heterocycles. The van der Waals surface area contributed by atoms with Crippen molar-refractivity contribution in [2.24, 2.45) is 0 Å². The van der Waals surface area contributed by atoms with E-state index in [0.29, 0.717) is 0 Å². The summed E-state index contributed by atoms with van der Waals surface area (Å²) < 4.78 is 15.7. The molecule has 0 aromatic rings. The van der Waals surface area contributed by atoms with Crippen molar-refractivity contribution in [3.05, 3.63) is 0 Å². The van der Waals surface area contributed by atoms with Crippen LogP contribution in [0.5, 0.6) is 0 Å². The highest BCUT2D eigenvalue weighted by Crippen LogP contribution is 2.30. The predicted octanol–water partition coefficient (Wildman–Crippen LogP) is -3.99. The van der Waals surface area contributed by atoms with Gasteiger partial charge < -0.3 is 50.0 Å². The van der Waals surface area contributed by atoms with Crippen LogP contribution in [0.4, 0.5) is 0 Å². The summed E-state index contributed by atoms with van der Waals surface area (Å²) in [5.41, 5.74) is 0. The quantitative estimate of drug-likeness (QED) is 0.229. The summed E-state index contributed by atoms with van der Waals surface area (Å²) in [6.07, 6.45) is -12.5. The summed E-state index contributed by atoms with van der Waals surface area (Å²) in [7, 11) is 0. The third kappa shape index (κ3) is 3.85. The Labute approximate surface area is 140 Å². The fraction of sp³-hybridized carbons (Fsp3) is 1.00. The SMILES string of the molecule is OCC1OC(O[C@@H]2C(CO)OC(O)C(Br)C2O)C(O)C(O)[C@H]1O. The summed E-state index contributed by atoms with van der Waals surface area (Å²) in [4.78, 5) is -0.916. The molecule has 0 radical (unpaired) electrons. The molecule has 0 spiro atoms. The Balaban J connectivity index is 2.11. The average molecular weight is 405 g/mol. The molecule has 0 aromatic heterocycles. The van der Waals surface area contributed by atoms with Gasteiger partial charge in [-0.15, -0.1) is 0 Å². The Hall–Kier alpha value is 0.0800. The second-order valence-corrected chi connectivity index (χ2v) is 6.54. The highest BCUT2D eigenvalue weighted by atomic mass is 79.9. The Morgan fingerprint density at radius 2 is 1.39 bits per heavy atom. The lowest BCUT2D eigenvalue weighted by Gasteiger charge is -2.45. The molecule has 2 aliphatic heterocycles. The molecule has 8 unspecified atom stereocenters. The van der Waals surface area contributed by atoms with Gasteiger partial charge in [0.15, 0.2) is 12.6 Å². The Morgan fingerprint density at radius 1 is 0.783 bits per heavy atom. The topological polar surface area (TPSA) is 169 Å². The lowest BCUT2D eigenvalue weighted by Crippen LogP contribution is -2.63. The van der Waals surface area contributed by atoms with E-state index >= 15 is 0 Å². The highest BCUT2D eigenvalue weighted by Gasteiger charge is 2.49. The minimum absolute atomic E-state index is 0.587. The summed E-state index contributed by atoms with van der Waals surface area (Å²) in [6.45, 7) is -1.21. The van der Waals surface area contributed by atoms with E-state index in [9.17, 15) is 30.6 Å². The van der Waals surface area contributed by atoms with Crippen LogP contribution in [0.3, 0.4) is 0 Å². The molecule has 0 aromatic carbocycles. The summed E-state index contributed by atoms with van der Waals surface area (Å²) in [5, 5.41) is 67.5. The molecule has 0 aliphatic carbocycles. The molecule has 0 saturated carbocycles. The second-order valence-electron chi connectivity index (χ2n) is 5.48. The molecular formula is C12H21BrO10. The molecule has 0 amide bonds. The molecule has 2 rings (SSSR count). The molecule has 7 N–H and O–H groups in total. The maximum atomic E-state index is 10.1. The number of hydrogen-bond donors (Lipinski definition) is 7. The number of rotatable bonds is 4. The van der Waals surface area contributed by atoms with E-state index < -0.39 is 73.3 Å². The zero-order chi connectivity index (χ0) is 17.3. The number of aliphatic hydroxyl groups is 7.